The van der Waals surface area contributed by atoms with Gasteiger partial charge in [-0.2, -0.15) is 9.98 Å². The second-order valence-electron chi connectivity index (χ2n) is 4.07. The standard InChI is InChI=1S/C7H12.C3H2N2O2/c1-7-4-2-6(7)3-5-7;6-2-4-1-5-3-7/h6H,2-5H2,1H3;1H2. The highest BCUT2D eigenvalue weighted by atomic mass is 16.1. The summed E-state index contributed by atoms with van der Waals surface area (Å²) in [6.07, 6.45) is 8.54. The van der Waals surface area contributed by atoms with Crippen LogP contribution >= 0.6 is 0 Å². The third-order valence-electron chi connectivity index (χ3n) is 3.38. The second kappa shape index (κ2) is 4.85. The van der Waals surface area contributed by atoms with Gasteiger partial charge in [-0.3, -0.25) is 0 Å². The van der Waals surface area contributed by atoms with Gasteiger partial charge < -0.3 is 0 Å². The van der Waals surface area contributed by atoms with Crippen molar-refractivity contribution in [2.75, 3.05) is 6.67 Å². The predicted octanol–water partition coefficient (Wildman–Crippen LogP) is 1.81. The van der Waals surface area contributed by atoms with Gasteiger partial charge in [0.2, 0.25) is 12.2 Å². The van der Waals surface area contributed by atoms with Gasteiger partial charge >= 0.3 is 0 Å². The van der Waals surface area contributed by atoms with Crippen molar-refractivity contribution in [1.29, 1.82) is 0 Å². The van der Waals surface area contributed by atoms with Crippen LogP contribution in [0.4, 0.5) is 0 Å². The van der Waals surface area contributed by atoms with Gasteiger partial charge in [-0.25, -0.2) is 9.59 Å². The summed E-state index contributed by atoms with van der Waals surface area (Å²) in [4.78, 5) is 24.2. The highest BCUT2D eigenvalue weighted by Gasteiger charge is 2.49. The molecule has 76 valence electrons. The quantitative estimate of drug-likeness (QED) is 0.497. The molecule has 0 aromatic heterocycles. The zero-order chi connectivity index (χ0) is 10.4. The summed E-state index contributed by atoms with van der Waals surface area (Å²) < 4.78 is 0. The summed E-state index contributed by atoms with van der Waals surface area (Å²) in [5.74, 6) is 1.16. The average molecular weight is 194 g/mol. The Labute approximate surface area is 83.1 Å². The summed E-state index contributed by atoms with van der Waals surface area (Å²) in [5.41, 5.74) is 0.861. The molecule has 0 N–H and O–H groups in total. The molecule has 4 heteroatoms. The van der Waals surface area contributed by atoms with E-state index in [9.17, 15) is 9.59 Å². The fraction of sp³-hybridized carbons (Fsp3) is 0.800. The topological polar surface area (TPSA) is 58.9 Å². The van der Waals surface area contributed by atoms with Gasteiger partial charge in [0, 0.05) is 0 Å². The Bertz CT molecular complexity index is 264. The van der Waals surface area contributed by atoms with E-state index < -0.39 is 0 Å². The molecule has 0 atom stereocenters. The van der Waals surface area contributed by atoms with Gasteiger partial charge in [0.25, 0.3) is 0 Å². The largest absolute Gasteiger partial charge is 0.236 e. The zero-order valence-corrected chi connectivity index (χ0v) is 8.32. The van der Waals surface area contributed by atoms with Crippen molar-refractivity contribution in [3.05, 3.63) is 0 Å². The maximum Gasteiger partial charge on any atom is 0.236 e. The second-order valence-corrected chi connectivity index (χ2v) is 4.07. The van der Waals surface area contributed by atoms with Crippen molar-refractivity contribution >= 4 is 12.2 Å². The first-order chi connectivity index (χ1) is 6.73. The molecule has 2 aliphatic carbocycles. The van der Waals surface area contributed by atoms with Crippen LogP contribution in [0, 0.1) is 11.3 Å². The molecule has 2 rings (SSSR count). The van der Waals surface area contributed by atoms with E-state index in [1.807, 2.05) is 0 Å². The lowest BCUT2D eigenvalue weighted by Gasteiger charge is -2.56. The number of hydrogen-bond acceptors (Lipinski definition) is 4. The van der Waals surface area contributed by atoms with Crippen LogP contribution in [-0.2, 0) is 9.59 Å². The van der Waals surface area contributed by atoms with Crippen molar-refractivity contribution in [3.63, 3.8) is 0 Å². The minimum absolute atomic E-state index is 0.160. The summed E-state index contributed by atoms with van der Waals surface area (Å²) in [5, 5.41) is 0. The van der Waals surface area contributed by atoms with Crippen molar-refractivity contribution < 1.29 is 9.59 Å². The molecule has 0 aromatic rings. The van der Waals surface area contributed by atoms with Crippen molar-refractivity contribution in [2.45, 2.75) is 32.6 Å². The van der Waals surface area contributed by atoms with Crippen LogP contribution in [-0.4, -0.2) is 18.8 Å². The average Bonchev–Trinajstić information content (AvgIpc) is 2.19. The van der Waals surface area contributed by atoms with Gasteiger partial charge in [-0.1, -0.05) is 6.92 Å². The van der Waals surface area contributed by atoms with Crippen LogP contribution in [0.1, 0.15) is 32.6 Å². The van der Waals surface area contributed by atoms with Gasteiger partial charge in [0.15, 0.2) is 6.67 Å². The van der Waals surface area contributed by atoms with Crippen molar-refractivity contribution in [2.24, 2.45) is 21.3 Å². The summed E-state index contributed by atoms with van der Waals surface area (Å²) in [6.45, 7) is 2.28. The van der Waals surface area contributed by atoms with Gasteiger partial charge in [-0.05, 0) is 37.0 Å². The van der Waals surface area contributed by atoms with E-state index in [0.717, 1.165) is 11.3 Å². The number of fused-ring (bicyclic) bond motifs is 1. The number of carbonyl (C=O) groups excluding carboxylic acids is 2. The van der Waals surface area contributed by atoms with Crippen molar-refractivity contribution in [3.8, 4) is 0 Å². The van der Waals surface area contributed by atoms with Crippen LogP contribution in [0.5, 0.6) is 0 Å². The molecule has 14 heavy (non-hydrogen) atoms. The number of isocyanates is 2. The first kappa shape index (κ1) is 10.8. The Morgan fingerprint density at radius 2 is 1.64 bits per heavy atom. The van der Waals surface area contributed by atoms with Crippen LogP contribution < -0.4 is 0 Å². The lowest BCUT2D eigenvalue weighted by molar-refractivity contribution is -0.0561. The highest BCUT2D eigenvalue weighted by molar-refractivity contribution is 5.35. The normalized spacial score (nSPS) is 31.4. The number of nitrogens with zero attached hydrogens (tertiary/aromatic N) is 2. The molecule has 2 fully saturated rings. The minimum atomic E-state index is -0.160. The predicted molar refractivity (Wildman–Crippen MR) is 51.2 cm³/mol. The van der Waals surface area contributed by atoms with Crippen molar-refractivity contribution in [1.82, 2.24) is 0 Å². The molecule has 0 bridgehead atoms. The first-order valence-corrected chi connectivity index (χ1v) is 4.80. The SMILES string of the molecule is CC12CCC1CC2.O=C=NCN=C=O. The van der Waals surface area contributed by atoms with E-state index in [-0.39, 0.29) is 6.67 Å². The summed E-state index contributed by atoms with van der Waals surface area (Å²) >= 11 is 0. The molecule has 0 aromatic carbocycles. The maximum absolute atomic E-state index is 9.20. The fourth-order valence-electron chi connectivity index (χ4n) is 2.04. The van der Waals surface area contributed by atoms with Gasteiger partial charge in [0.1, 0.15) is 0 Å². The minimum Gasteiger partial charge on any atom is -0.211 e. The molecule has 0 aliphatic heterocycles. The van der Waals surface area contributed by atoms with E-state index in [0.29, 0.717) is 0 Å². The molecule has 2 saturated carbocycles. The molecule has 2 aliphatic rings. The lowest BCUT2D eigenvalue weighted by Crippen LogP contribution is -2.45. The monoisotopic (exact) mass is 194 g/mol. The first-order valence-electron chi connectivity index (χ1n) is 4.80. The molecule has 0 amide bonds. The van der Waals surface area contributed by atoms with Gasteiger partial charge in [-0.15, -0.1) is 0 Å². The summed E-state index contributed by atoms with van der Waals surface area (Å²) in [7, 11) is 0. The van der Waals surface area contributed by atoms with Gasteiger partial charge in [0.05, 0.1) is 0 Å². The molecule has 4 nitrogen and oxygen atoms in total. The molecule has 0 saturated heterocycles. The van der Waals surface area contributed by atoms with Crippen LogP contribution in [0.25, 0.3) is 0 Å². The smallest absolute Gasteiger partial charge is 0.211 e. The third kappa shape index (κ3) is 2.38. The number of rotatable bonds is 2. The Morgan fingerprint density at radius 1 is 1.21 bits per heavy atom. The van der Waals surface area contributed by atoms with E-state index in [1.165, 1.54) is 37.8 Å². The number of aliphatic imine (C=N–C) groups is 2. The van der Waals surface area contributed by atoms with Crippen LogP contribution in [0.3, 0.4) is 0 Å². The molecular formula is C10H14N2O2. The lowest BCUT2D eigenvalue weighted by atomic mass is 9.49. The van der Waals surface area contributed by atoms with E-state index in [2.05, 4.69) is 16.9 Å². The Kier molecular flexibility index (Phi) is 3.75. The zero-order valence-electron chi connectivity index (χ0n) is 8.32. The molecule has 0 unspecified atom stereocenters. The highest BCUT2D eigenvalue weighted by Crippen LogP contribution is 2.60. The fourth-order valence-corrected chi connectivity index (χ4v) is 2.04. The Morgan fingerprint density at radius 3 is 1.79 bits per heavy atom. The van der Waals surface area contributed by atoms with Crippen LogP contribution in [0.2, 0.25) is 0 Å². The molecule has 0 spiro atoms. The van der Waals surface area contributed by atoms with E-state index in [1.54, 1.807) is 0 Å². The maximum atomic E-state index is 9.20. The summed E-state index contributed by atoms with van der Waals surface area (Å²) in [6, 6.07) is 0. The Balaban J connectivity index is 0.000000140. The van der Waals surface area contributed by atoms with E-state index in [4.69, 9.17) is 0 Å². The Hall–Kier alpha value is -1.24. The third-order valence-corrected chi connectivity index (χ3v) is 3.38. The molecule has 0 heterocycles. The van der Waals surface area contributed by atoms with Crippen LogP contribution in [0.15, 0.2) is 9.98 Å². The molecule has 0 radical (unpaired) electrons. The molecular weight excluding hydrogens is 180 g/mol. The van der Waals surface area contributed by atoms with E-state index >= 15 is 0 Å². The number of hydrogen-bond donors (Lipinski definition) is 0.